The van der Waals surface area contributed by atoms with Gasteiger partial charge in [0.05, 0.1) is 23.8 Å². The molecule has 2 N–H and O–H groups in total. The average Bonchev–Trinajstić information content (AvgIpc) is 2.68. The van der Waals surface area contributed by atoms with Crippen molar-refractivity contribution in [2.45, 2.75) is 6.04 Å². The third kappa shape index (κ3) is 3.26. The second-order valence-electron chi connectivity index (χ2n) is 6.45. The number of pyridine rings is 1. The van der Waals surface area contributed by atoms with Crippen LogP contribution >= 0.6 is 23.2 Å². The van der Waals surface area contributed by atoms with Crippen LogP contribution in [0, 0.1) is 0 Å². The number of hydrogen-bond acceptors (Lipinski definition) is 3. The Kier molecular flexibility index (Phi) is 5.00. The number of halogens is 2. The van der Waals surface area contributed by atoms with Crippen molar-refractivity contribution in [3.05, 3.63) is 69.8 Å². The second kappa shape index (κ2) is 7.41. The molecule has 1 aliphatic heterocycles. The van der Waals surface area contributed by atoms with E-state index in [-0.39, 0.29) is 11.8 Å². The molecule has 4 nitrogen and oxygen atoms in total. The van der Waals surface area contributed by atoms with Gasteiger partial charge in [-0.15, -0.1) is 0 Å². The van der Waals surface area contributed by atoms with E-state index < -0.39 is 0 Å². The quantitative estimate of drug-likeness (QED) is 0.722. The number of rotatable bonds is 3. The third-order valence-corrected chi connectivity index (χ3v) is 5.47. The lowest BCUT2D eigenvalue weighted by Gasteiger charge is -2.32. The fourth-order valence-corrected chi connectivity index (χ4v) is 4.03. The number of quaternary nitrogens is 1. The molecule has 6 heteroatoms. The van der Waals surface area contributed by atoms with Gasteiger partial charge in [0.15, 0.2) is 5.75 Å². The number of morpholine rings is 1. The molecule has 2 heterocycles. The molecule has 3 aromatic rings. The molecule has 1 aliphatic rings. The van der Waals surface area contributed by atoms with Crippen molar-refractivity contribution in [3.8, 4) is 5.75 Å². The Morgan fingerprint density at radius 1 is 1.08 bits per heavy atom. The van der Waals surface area contributed by atoms with Crippen LogP contribution in [0.15, 0.2) is 48.7 Å². The van der Waals surface area contributed by atoms with Crippen LogP contribution in [-0.4, -0.2) is 36.4 Å². The van der Waals surface area contributed by atoms with Gasteiger partial charge in [0, 0.05) is 22.2 Å². The van der Waals surface area contributed by atoms with E-state index in [0.29, 0.717) is 28.8 Å². The Bertz CT molecular complexity index is 925. The lowest BCUT2D eigenvalue weighted by molar-refractivity contribution is -0.933. The molecular weight excluding hydrogens is 371 g/mol. The van der Waals surface area contributed by atoms with Crippen molar-refractivity contribution < 1.29 is 14.7 Å². The van der Waals surface area contributed by atoms with E-state index in [9.17, 15) is 5.11 Å². The molecule has 4 rings (SSSR count). The van der Waals surface area contributed by atoms with E-state index in [4.69, 9.17) is 27.9 Å². The van der Waals surface area contributed by atoms with Gasteiger partial charge in [-0.3, -0.25) is 4.98 Å². The van der Waals surface area contributed by atoms with Crippen LogP contribution in [0.4, 0.5) is 0 Å². The molecule has 2 aromatic carbocycles. The number of aromatic nitrogens is 1. The molecular formula is C20H19Cl2N2O2+. The van der Waals surface area contributed by atoms with Crippen molar-refractivity contribution in [1.29, 1.82) is 0 Å². The average molecular weight is 390 g/mol. The fraction of sp³-hybridized carbons (Fsp3) is 0.250. The molecule has 1 fully saturated rings. The van der Waals surface area contributed by atoms with Gasteiger partial charge >= 0.3 is 0 Å². The number of benzene rings is 2. The molecule has 134 valence electrons. The Morgan fingerprint density at radius 2 is 1.81 bits per heavy atom. The largest absolute Gasteiger partial charge is 0.505 e. The highest BCUT2D eigenvalue weighted by molar-refractivity contribution is 6.35. The predicted octanol–water partition coefficient (Wildman–Crippen LogP) is 3.25. The maximum absolute atomic E-state index is 11.0. The van der Waals surface area contributed by atoms with Crippen LogP contribution < -0.4 is 4.90 Å². The number of ether oxygens (including phenoxy) is 1. The highest BCUT2D eigenvalue weighted by Crippen LogP contribution is 2.37. The molecule has 1 aromatic heterocycles. The van der Waals surface area contributed by atoms with Crippen molar-refractivity contribution in [2.24, 2.45) is 0 Å². The molecule has 0 aliphatic carbocycles. The number of phenolic OH excluding ortho intramolecular Hbond substituents is 1. The summed E-state index contributed by atoms with van der Waals surface area (Å²) in [6.07, 6.45) is 1.67. The van der Waals surface area contributed by atoms with E-state index in [1.165, 1.54) is 4.90 Å². The smallest absolute Gasteiger partial charge is 0.151 e. The molecule has 1 unspecified atom stereocenters. The highest BCUT2D eigenvalue weighted by Gasteiger charge is 2.31. The van der Waals surface area contributed by atoms with E-state index >= 15 is 0 Å². The fourth-order valence-electron chi connectivity index (χ4n) is 3.64. The van der Waals surface area contributed by atoms with E-state index in [0.717, 1.165) is 29.6 Å². The van der Waals surface area contributed by atoms with Gasteiger partial charge in [-0.25, -0.2) is 0 Å². The summed E-state index contributed by atoms with van der Waals surface area (Å²) in [5, 5.41) is 13.0. The van der Waals surface area contributed by atoms with Crippen molar-refractivity contribution in [2.75, 3.05) is 26.3 Å². The molecule has 1 atom stereocenters. The van der Waals surface area contributed by atoms with E-state index in [1.54, 1.807) is 6.20 Å². The summed E-state index contributed by atoms with van der Waals surface area (Å²) in [4.78, 5) is 5.67. The van der Waals surface area contributed by atoms with Gasteiger partial charge in [0.25, 0.3) is 0 Å². The van der Waals surface area contributed by atoms with Crippen molar-refractivity contribution in [1.82, 2.24) is 4.98 Å². The minimum atomic E-state index is -0.0694. The zero-order chi connectivity index (χ0) is 18.1. The summed E-state index contributed by atoms with van der Waals surface area (Å²) >= 11 is 12.6. The third-order valence-electron chi connectivity index (χ3n) is 4.90. The molecule has 0 amide bonds. The summed E-state index contributed by atoms with van der Waals surface area (Å²) in [6, 6.07) is 13.2. The van der Waals surface area contributed by atoms with Gasteiger partial charge in [-0.2, -0.15) is 0 Å². The van der Waals surface area contributed by atoms with Crippen LogP contribution in [0.3, 0.4) is 0 Å². The maximum Gasteiger partial charge on any atom is 0.151 e. The molecule has 0 spiro atoms. The number of nitrogens with one attached hydrogen (secondary N) is 1. The Hall–Kier alpha value is -1.85. The topological polar surface area (TPSA) is 46.8 Å². The lowest BCUT2D eigenvalue weighted by Crippen LogP contribution is -3.14. The first kappa shape index (κ1) is 17.6. The van der Waals surface area contributed by atoms with Crippen molar-refractivity contribution >= 4 is 34.1 Å². The predicted molar refractivity (Wildman–Crippen MR) is 103 cm³/mol. The lowest BCUT2D eigenvalue weighted by atomic mass is 9.94. The molecule has 0 radical (unpaired) electrons. The summed E-state index contributed by atoms with van der Waals surface area (Å²) in [5.41, 5.74) is 2.38. The monoisotopic (exact) mass is 389 g/mol. The highest BCUT2D eigenvalue weighted by atomic mass is 35.5. The summed E-state index contributed by atoms with van der Waals surface area (Å²) < 4.78 is 5.52. The SMILES string of the molecule is Oc1c(C(c2ccc(Cl)cc2)[NH+]2CCOCC2)cc(Cl)c2cccnc12. The van der Waals surface area contributed by atoms with Gasteiger partial charge in [0.2, 0.25) is 0 Å². The minimum Gasteiger partial charge on any atom is -0.505 e. The summed E-state index contributed by atoms with van der Waals surface area (Å²) in [5.74, 6) is 0.184. The minimum absolute atomic E-state index is 0.0694. The number of aromatic hydroxyl groups is 1. The molecule has 1 saturated heterocycles. The number of hydrogen-bond donors (Lipinski definition) is 2. The zero-order valence-electron chi connectivity index (χ0n) is 14.1. The van der Waals surface area contributed by atoms with Gasteiger partial charge in [-0.05, 0) is 30.3 Å². The van der Waals surface area contributed by atoms with Crippen LogP contribution in [0.25, 0.3) is 10.9 Å². The zero-order valence-corrected chi connectivity index (χ0v) is 15.6. The van der Waals surface area contributed by atoms with Crippen LogP contribution in [0.5, 0.6) is 5.75 Å². The molecule has 0 saturated carbocycles. The Labute approximate surface area is 161 Å². The number of nitrogens with zero attached hydrogens (tertiary/aromatic N) is 1. The Morgan fingerprint density at radius 3 is 2.54 bits per heavy atom. The number of phenols is 1. The summed E-state index contributed by atoms with van der Waals surface area (Å²) in [7, 11) is 0. The van der Waals surface area contributed by atoms with Crippen LogP contribution in [-0.2, 0) is 4.74 Å². The standard InChI is InChI=1S/C20H18Cl2N2O2/c21-14-5-3-13(4-6-14)19(24-8-10-26-11-9-24)16-12-17(22)15-2-1-7-23-18(15)20(16)25/h1-7,12,19,25H,8-11H2/p+1. The summed E-state index contributed by atoms with van der Waals surface area (Å²) in [6.45, 7) is 3.09. The number of fused-ring (bicyclic) bond motifs is 1. The van der Waals surface area contributed by atoms with Gasteiger partial charge in [-0.1, -0.05) is 35.3 Å². The Balaban J connectivity index is 1.89. The van der Waals surface area contributed by atoms with Gasteiger partial charge < -0.3 is 14.7 Å². The first-order chi connectivity index (χ1) is 12.6. The molecule has 26 heavy (non-hydrogen) atoms. The normalized spacial score (nSPS) is 16.7. The first-order valence-corrected chi connectivity index (χ1v) is 9.34. The maximum atomic E-state index is 11.0. The van der Waals surface area contributed by atoms with E-state index in [1.807, 2.05) is 42.5 Å². The first-order valence-electron chi connectivity index (χ1n) is 8.59. The van der Waals surface area contributed by atoms with Crippen LogP contribution in [0.1, 0.15) is 17.2 Å². The van der Waals surface area contributed by atoms with E-state index in [2.05, 4.69) is 4.98 Å². The van der Waals surface area contributed by atoms with Crippen molar-refractivity contribution in [3.63, 3.8) is 0 Å². The van der Waals surface area contributed by atoms with Gasteiger partial charge in [0.1, 0.15) is 24.6 Å². The second-order valence-corrected chi connectivity index (χ2v) is 7.29. The van der Waals surface area contributed by atoms with Crippen LogP contribution in [0.2, 0.25) is 10.0 Å². The molecule has 0 bridgehead atoms.